The Morgan fingerprint density at radius 2 is 1.83 bits per heavy atom. The van der Waals surface area contributed by atoms with Gasteiger partial charge in [-0.3, -0.25) is 5.32 Å². The fourth-order valence-electron chi connectivity index (χ4n) is 2.38. The smallest absolute Gasteiger partial charge is 0.374 e. The lowest BCUT2D eigenvalue weighted by atomic mass is 10.2. The highest BCUT2D eigenvalue weighted by molar-refractivity contribution is 6.60. The summed E-state index contributed by atoms with van der Waals surface area (Å²) >= 11 is 0. The Bertz CT molecular complexity index is 422. The molecule has 1 unspecified atom stereocenters. The maximum absolute atomic E-state index is 6.24. The Morgan fingerprint density at radius 1 is 1.17 bits per heavy atom. The highest BCUT2D eigenvalue weighted by atomic mass is 28.4. The van der Waals surface area contributed by atoms with Crippen molar-refractivity contribution < 1.29 is 13.3 Å². The topological polar surface area (TPSA) is 39.7 Å². The molecule has 0 aliphatic carbocycles. The second-order valence-electron chi connectivity index (χ2n) is 5.36. The molecule has 4 nitrogen and oxygen atoms in total. The third-order valence-electron chi connectivity index (χ3n) is 3.41. The Balaban J connectivity index is 2.59. The van der Waals surface area contributed by atoms with Crippen LogP contribution in [0.25, 0.3) is 0 Å². The van der Waals surface area contributed by atoms with Crippen molar-refractivity contribution in [2.24, 2.45) is 0 Å². The minimum atomic E-state index is -2.64. The number of hydrogen-bond donors (Lipinski definition) is 1. The second kappa shape index (κ2) is 11.5. The van der Waals surface area contributed by atoms with Crippen molar-refractivity contribution in [3.63, 3.8) is 0 Å². The summed E-state index contributed by atoms with van der Waals surface area (Å²) in [6, 6.07) is 11.1. The Labute approximate surface area is 142 Å². The largest absolute Gasteiger partial charge is 0.502 e. The van der Waals surface area contributed by atoms with E-state index >= 15 is 0 Å². The van der Waals surface area contributed by atoms with E-state index in [1.165, 1.54) is 5.56 Å². The van der Waals surface area contributed by atoms with Gasteiger partial charge in [-0.25, -0.2) is 0 Å². The van der Waals surface area contributed by atoms with Gasteiger partial charge in [0.1, 0.15) is 0 Å². The van der Waals surface area contributed by atoms with Crippen LogP contribution in [0.15, 0.2) is 43.0 Å². The van der Waals surface area contributed by atoms with Crippen LogP contribution in [0.1, 0.15) is 39.2 Å². The van der Waals surface area contributed by atoms with Gasteiger partial charge in [0.25, 0.3) is 0 Å². The predicted molar refractivity (Wildman–Crippen MR) is 97.1 cm³/mol. The quantitative estimate of drug-likeness (QED) is 0.254. The fraction of sp³-hybridized carbons (Fsp3) is 0.556. The fourth-order valence-corrected chi connectivity index (χ4v) is 5.15. The zero-order chi connectivity index (χ0) is 17.0. The molecule has 0 aliphatic rings. The summed E-state index contributed by atoms with van der Waals surface area (Å²) in [4.78, 5) is 0. The normalized spacial score (nSPS) is 13.0. The maximum Gasteiger partial charge on any atom is 0.502 e. The molecule has 0 aliphatic heterocycles. The molecular weight excluding hydrogens is 306 g/mol. The highest BCUT2D eigenvalue weighted by Gasteiger charge is 2.41. The van der Waals surface area contributed by atoms with Gasteiger partial charge in [-0.1, -0.05) is 36.4 Å². The number of benzene rings is 1. The number of rotatable bonds is 13. The molecule has 0 bridgehead atoms. The average Bonchev–Trinajstić information content (AvgIpc) is 2.55. The van der Waals surface area contributed by atoms with Gasteiger partial charge >= 0.3 is 8.80 Å². The van der Waals surface area contributed by atoms with Crippen LogP contribution in [-0.2, 0) is 19.8 Å². The van der Waals surface area contributed by atoms with E-state index in [2.05, 4.69) is 24.0 Å². The second-order valence-corrected chi connectivity index (χ2v) is 8.04. The molecule has 1 N–H and O–H groups in total. The molecule has 0 aromatic heterocycles. The molecule has 0 radical (unpaired) electrons. The number of nitrogens with one attached hydrogen (secondary N) is 1. The third kappa shape index (κ3) is 7.90. The van der Waals surface area contributed by atoms with Crippen molar-refractivity contribution in [2.45, 2.75) is 52.4 Å². The van der Waals surface area contributed by atoms with Crippen molar-refractivity contribution >= 4 is 8.80 Å². The molecule has 1 atom stereocenters. The Kier molecular flexibility index (Phi) is 10.1. The molecule has 0 fully saturated rings. The summed E-state index contributed by atoms with van der Waals surface area (Å²) < 4.78 is 18.2. The number of hydrogen-bond acceptors (Lipinski definition) is 4. The van der Waals surface area contributed by atoms with Gasteiger partial charge in [-0.15, -0.1) is 6.58 Å². The lowest BCUT2D eigenvalue weighted by Crippen LogP contribution is -2.50. The zero-order valence-corrected chi connectivity index (χ0v) is 15.7. The molecule has 0 amide bonds. The number of unbranched alkanes of at least 4 members (excludes halogenated alkanes) is 1. The summed E-state index contributed by atoms with van der Waals surface area (Å²) in [5, 5.41) is 3.39. The molecule has 5 heteroatoms. The summed E-state index contributed by atoms with van der Waals surface area (Å²) in [5.41, 5.74) is 1.23. The molecule has 0 saturated heterocycles. The van der Waals surface area contributed by atoms with Crippen LogP contribution in [0, 0.1) is 0 Å². The van der Waals surface area contributed by atoms with Crippen LogP contribution in [0.4, 0.5) is 0 Å². The molecule has 1 rings (SSSR count). The minimum Gasteiger partial charge on any atom is -0.374 e. The van der Waals surface area contributed by atoms with Crippen LogP contribution in [0.2, 0.25) is 6.04 Å². The first-order valence-corrected chi connectivity index (χ1v) is 10.4. The van der Waals surface area contributed by atoms with Gasteiger partial charge in [0.15, 0.2) is 0 Å². The van der Waals surface area contributed by atoms with E-state index in [0.717, 1.165) is 25.4 Å². The lowest BCUT2D eigenvalue weighted by Gasteiger charge is -2.32. The van der Waals surface area contributed by atoms with Crippen molar-refractivity contribution in [1.29, 1.82) is 0 Å². The highest BCUT2D eigenvalue weighted by Crippen LogP contribution is 2.21. The Hall–Kier alpha value is -0.983. The predicted octanol–water partition coefficient (Wildman–Crippen LogP) is 4.12. The number of allylic oxidation sites excluding steroid dienone is 1. The van der Waals surface area contributed by atoms with Crippen LogP contribution < -0.4 is 5.32 Å². The molecule has 130 valence electrons. The lowest BCUT2D eigenvalue weighted by molar-refractivity contribution is 0.0256. The first kappa shape index (κ1) is 20.1. The SMILES string of the molecule is C=CCCC[Si](OCC)(OCC)OC(C)NCc1ccccc1. The van der Waals surface area contributed by atoms with Crippen LogP contribution in [0.3, 0.4) is 0 Å². The first-order valence-electron chi connectivity index (χ1n) is 8.49. The molecule has 23 heavy (non-hydrogen) atoms. The van der Waals surface area contributed by atoms with Crippen molar-refractivity contribution in [1.82, 2.24) is 5.32 Å². The van der Waals surface area contributed by atoms with Gasteiger partial charge in [0, 0.05) is 25.8 Å². The van der Waals surface area contributed by atoms with Crippen molar-refractivity contribution in [3.8, 4) is 0 Å². The van der Waals surface area contributed by atoms with E-state index in [0.29, 0.717) is 13.2 Å². The third-order valence-corrected chi connectivity index (χ3v) is 6.55. The summed E-state index contributed by atoms with van der Waals surface area (Å²) in [7, 11) is -2.64. The standard InChI is InChI=1S/C18H31NO3Si/c1-5-8-12-15-23(20-6-2,21-7-3)22-17(4)19-16-18-13-10-9-11-14-18/h5,9-11,13-14,17,19H,1,6-8,12,15-16H2,2-4H3. The summed E-state index contributed by atoms with van der Waals surface area (Å²) in [6.45, 7) is 11.7. The van der Waals surface area contributed by atoms with Gasteiger partial charge in [0.2, 0.25) is 0 Å². The van der Waals surface area contributed by atoms with E-state index in [9.17, 15) is 0 Å². The van der Waals surface area contributed by atoms with Gasteiger partial charge in [-0.05, 0) is 39.2 Å². The summed E-state index contributed by atoms with van der Waals surface area (Å²) in [5.74, 6) is 0. The average molecular weight is 338 g/mol. The van der Waals surface area contributed by atoms with Crippen LogP contribution >= 0.6 is 0 Å². The van der Waals surface area contributed by atoms with Crippen molar-refractivity contribution in [3.05, 3.63) is 48.6 Å². The Morgan fingerprint density at radius 3 is 2.39 bits per heavy atom. The molecular formula is C18H31NO3Si. The molecule has 1 aromatic rings. The minimum absolute atomic E-state index is 0.122. The van der Waals surface area contributed by atoms with Crippen LogP contribution in [-0.4, -0.2) is 28.2 Å². The zero-order valence-electron chi connectivity index (χ0n) is 14.7. The summed E-state index contributed by atoms with van der Waals surface area (Å²) in [6.07, 6.45) is 3.73. The van der Waals surface area contributed by atoms with Crippen molar-refractivity contribution in [2.75, 3.05) is 13.2 Å². The first-order chi connectivity index (χ1) is 11.2. The van der Waals surface area contributed by atoms with Crippen LogP contribution in [0.5, 0.6) is 0 Å². The van der Waals surface area contributed by atoms with E-state index in [1.54, 1.807) is 0 Å². The van der Waals surface area contributed by atoms with E-state index in [-0.39, 0.29) is 6.23 Å². The monoisotopic (exact) mass is 337 g/mol. The molecule has 1 aromatic carbocycles. The maximum atomic E-state index is 6.24. The van der Waals surface area contributed by atoms with Gasteiger partial charge < -0.3 is 13.3 Å². The van der Waals surface area contributed by atoms with Gasteiger partial charge in [-0.2, -0.15) is 0 Å². The van der Waals surface area contributed by atoms with E-state index in [4.69, 9.17) is 13.3 Å². The molecule has 0 saturated carbocycles. The van der Waals surface area contributed by atoms with E-state index < -0.39 is 8.80 Å². The molecule has 0 heterocycles. The van der Waals surface area contributed by atoms with E-state index in [1.807, 2.05) is 45.0 Å². The molecule has 0 spiro atoms. The van der Waals surface area contributed by atoms with Gasteiger partial charge in [0.05, 0.1) is 6.23 Å².